The van der Waals surface area contributed by atoms with E-state index in [9.17, 15) is 4.79 Å². The molecule has 1 heterocycles. The molecule has 6 heteroatoms. The molecule has 1 saturated heterocycles. The van der Waals surface area contributed by atoms with E-state index in [1.54, 1.807) is 23.9 Å². The Hall–Kier alpha value is -0.230. The Morgan fingerprint density at radius 3 is 3.12 bits per heavy atom. The van der Waals surface area contributed by atoms with E-state index in [-0.39, 0.29) is 11.9 Å². The van der Waals surface area contributed by atoms with E-state index < -0.39 is 0 Å². The van der Waals surface area contributed by atoms with Gasteiger partial charge < -0.3 is 5.32 Å². The van der Waals surface area contributed by atoms with Crippen molar-refractivity contribution in [3.8, 4) is 0 Å². The molecule has 3 nitrogen and oxygen atoms in total. The number of anilines is 1. The second kappa shape index (κ2) is 5.40. The van der Waals surface area contributed by atoms with Gasteiger partial charge in [-0.1, -0.05) is 27.5 Å². The smallest absolute Gasteiger partial charge is 0.242 e. The van der Waals surface area contributed by atoms with Crippen molar-refractivity contribution in [3.63, 3.8) is 0 Å². The van der Waals surface area contributed by atoms with Gasteiger partial charge in [0.05, 0.1) is 16.8 Å². The first-order valence-electron chi connectivity index (χ1n) is 4.74. The zero-order valence-corrected chi connectivity index (χ0v) is 11.5. The number of benzene rings is 1. The third-order valence-electron chi connectivity index (χ3n) is 2.22. The fourth-order valence-corrected chi connectivity index (χ4v) is 2.84. The number of thioether (sulfide) groups is 1. The van der Waals surface area contributed by atoms with E-state index in [1.807, 2.05) is 6.07 Å². The van der Waals surface area contributed by atoms with Gasteiger partial charge >= 0.3 is 0 Å². The second-order valence-electron chi connectivity index (χ2n) is 3.39. The molecule has 0 bridgehead atoms. The third-order valence-corrected chi connectivity index (χ3v) is 3.98. The van der Waals surface area contributed by atoms with Crippen LogP contribution in [0.25, 0.3) is 0 Å². The summed E-state index contributed by atoms with van der Waals surface area (Å²) < 4.78 is 0.890. The fraction of sp³-hybridized carbons (Fsp3) is 0.300. The number of hydrogen-bond donors (Lipinski definition) is 2. The van der Waals surface area contributed by atoms with E-state index in [0.717, 1.165) is 16.1 Å². The molecule has 0 spiro atoms. The summed E-state index contributed by atoms with van der Waals surface area (Å²) in [6.45, 7) is 0. The van der Waals surface area contributed by atoms with Gasteiger partial charge in [0.2, 0.25) is 5.91 Å². The SMILES string of the molecule is O=C(Nc1cc(Br)ccc1Cl)C1CSCN1. The molecule has 1 aliphatic heterocycles. The van der Waals surface area contributed by atoms with E-state index >= 15 is 0 Å². The molecule has 86 valence electrons. The summed E-state index contributed by atoms with van der Waals surface area (Å²) in [7, 11) is 0. The molecule has 1 aliphatic rings. The predicted molar refractivity (Wildman–Crippen MR) is 72.0 cm³/mol. The minimum Gasteiger partial charge on any atom is -0.323 e. The van der Waals surface area contributed by atoms with Gasteiger partial charge in [-0.15, -0.1) is 11.8 Å². The highest BCUT2D eigenvalue weighted by Crippen LogP contribution is 2.26. The topological polar surface area (TPSA) is 41.1 Å². The van der Waals surface area contributed by atoms with Gasteiger partial charge in [0.15, 0.2) is 0 Å². The van der Waals surface area contributed by atoms with Crippen molar-refractivity contribution in [2.24, 2.45) is 0 Å². The summed E-state index contributed by atoms with van der Waals surface area (Å²) in [5.41, 5.74) is 0.639. The van der Waals surface area contributed by atoms with Crippen molar-refractivity contribution in [3.05, 3.63) is 27.7 Å². The van der Waals surface area contributed by atoms with Gasteiger partial charge in [-0.3, -0.25) is 10.1 Å². The van der Waals surface area contributed by atoms with Gasteiger partial charge in [0.1, 0.15) is 0 Å². The van der Waals surface area contributed by atoms with E-state index in [2.05, 4.69) is 26.6 Å². The molecule has 16 heavy (non-hydrogen) atoms. The Bertz CT molecular complexity index is 410. The monoisotopic (exact) mass is 320 g/mol. The summed E-state index contributed by atoms with van der Waals surface area (Å²) in [6, 6.07) is 5.25. The predicted octanol–water partition coefficient (Wildman–Crippen LogP) is 2.70. The summed E-state index contributed by atoms with van der Waals surface area (Å²) in [6.07, 6.45) is 0. The Labute approximate surface area is 111 Å². The first-order chi connectivity index (χ1) is 7.66. The standard InChI is InChI=1S/C10H10BrClN2OS/c11-6-1-2-7(12)8(3-6)14-10(15)9-4-16-5-13-9/h1-3,9,13H,4-5H2,(H,14,15). The zero-order valence-electron chi connectivity index (χ0n) is 8.30. The van der Waals surface area contributed by atoms with Crippen LogP contribution in [0.2, 0.25) is 5.02 Å². The number of rotatable bonds is 2. The lowest BCUT2D eigenvalue weighted by molar-refractivity contribution is -0.117. The van der Waals surface area contributed by atoms with Crippen LogP contribution in [0.3, 0.4) is 0 Å². The lowest BCUT2D eigenvalue weighted by Crippen LogP contribution is -2.37. The molecule has 1 unspecified atom stereocenters. The number of halogens is 2. The molecule has 1 atom stereocenters. The summed E-state index contributed by atoms with van der Waals surface area (Å²) in [5, 5.41) is 6.47. The van der Waals surface area contributed by atoms with E-state index in [4.69, 9.17) is 11.6 Å². The minimum absolute atomic E-state index is 0.0370. The Kier molecular flexibility index (Phi) is 4.13. The molecular weight excluding hydrogens is 312 g/mol. The van der Waals surface area contributed by atoms with Gasteiger partial charge in [0.25, 0.3) is 0 Å². The number of hydrogen-bond acceptors (Lipinski definition) is 3. The molecule has 0 radical (unpaired) electrons. The normalized spacial score (nSPS) is 19.8. The van der Waals surface area contributed by atoms with Crippen molar-refractivity contribution in [1.29, 1.82) is 0 Å². The molecule has 0 aliphatic carbocycles. The first kappa shape index (κ1) is 12.2. The van der Waals surface area contributed by atoms with Crippen molar-refractivity contribution in [2.75, 3.05) is 16.9 Å². The fourth-order valence-electron chi connectivity index (χ4n) is 1.38. The second-order valence-corrected chi connectivity index (χ2v) is 5.74. The largest absolute Gasteiger partial charge is 0.323 e. The number of carbonyl (C=O) groups excluding carboxylic acids is 1. The highest BCUT2D eigenvalue weighted by atomic mass is 79.9. The zero-order chi connectivity index (χ0) is 11.5. The lowest BCUT2D eigenvalue weighted by Gasteiger charge is -2.11. The quantitative estimate of drug-likeness (QED) is 0.880. The van der Waals surface area contributed by atoms with E-state index in [1.165, 1.54) is 0 Å². The molecule has 0 saturated carbocycles. The maximum absolute atomic E-state index is 11.8. The Morgan fingerprint density at radius 2 is 2.44 bits per heavy atom. The molecular formula is C10H10BrClN2OS. The number of amides is 1. The molecule has 2 rings (SSSR count). The van der Waals surface area contributed by atoms with Crippen LogP contribution in [-0.2, 0) is 4.79 Å². The van der Waals surface area contributed by atoms with Crippen molar-refractivity contribution >= 4 is 50.9 Å². The Balaban J connectivity index is 2.07. The van der Waals surface area contributed by atoms with Gasteiger partial charge in [0, 0.05) is 16.1 Å². The van der Waals surface area contributed by atoms with Gasteiger partial charge in [-0.25, -0.2) is 0 Å². The van der Waals surface area contributed by atoms with Crippen LogP contribution in [0.1, 0.15) is 0 Å². The van der Waals surface area contributed by atoms with Crippen LogP contribution in [0, 0.1) is 0 Å². The van der Waals surface area contributed by atoms with Crippen molar-refractivity contribution in [1.82, 2.24) is 5.32 Å². The maximum atomic E-state index is 11.8. The molecule has 0 aromatic heterocycles. The van der Waals surface area contributed by atoms with Crippen molar-refractivity contribution < 1.29 is 4.79 Å². The van der Waals surface area contributed by atoms with Crippen LogP contribution < -0.4 is 10.6 Å². The summed E-state index contributed by atoms with van der Waals surface area (Å²) >= 11 is 11.0. The maximum Gasteiger partial charge on any atom is 0.242 e. The highest BCUT2D eigenvalue weighted by Gasteiger charge is 2.22. The average Bonchev–Trinajstić information content (AvgIpc) is 2.76. The van der Waals surface area contributed by atoms with Gasteiger partial charge in [-0.2, -0.15) is 0 Å². The molecule has 1 aromatic carbocycles. The van der Waals surface area contributed by atoms with Crippen LogP contribution >= 0.6 is 39.3 Å². The number of nitrogens with one attached hydrogen (secondary N) is 2. The minimum atomic E-state index is -0.125. The van der Waals surface area contributed by atoms with Crippen LogP contribution in [0.15, 0.2) is 22.7 Å². The summed E-state index contributed by atoms with van der Waals surface area (Å²) in [4.78, 5) is 11.8. The molecule has 1 amide bonds. The van der Waals surface area contributed by atoms with Gasteiger partial charge in [-0.05, 0) is 18.2 Å². The molecule has 1 aromatic rings. The van der Waals surface area contributed by atoms with E-state index in [0.29, 0.717) is 10.7 Å². The van der Waals surface area contributed by atoms with Crippen LogP contribution in [-0.4, -0.2) is 23.6 Å². The number of carbonyl (C=O) groups is 1. The average molecular weight is 322 g/mol. The van der Waals surface area contributed by atoms with Crippen LogP contribution in [0.4, 0.5) is 5.69 Å². The third kappa shape index (κ3) is 2.91. The summed E-state index contributed by atoms with van der Waals surface area (Å²) in [5.74, 6) is 1.59. The Morgan fingerprint density at radius 1 is 1.62 bits per heavy atom. The molecule has 2 N–H and O–H groups in total. The first-order valence-corrected chi connectivity index (χ1v) is 7.06. The molecule has 1 fully saturated rings. The van der Waals surface area contributed by atoms with Crippen LogP contribution in [0.5, 0.6) is 0 Å². The van der Waals surface area contributed by atoms with Crippen molar-refractivity contribution in [2.45, 2.75) is 6.04 Å². The lowest BCUT2D eigenvalue weighted by atomic mass is 10.2. The highest BCUT2D eigenvalue weighted by molar-refractivity contribution is 9.10.